The van der Waals surface area contributed by atoms with Crippen molar-refractivity contribution < 1.29 is 9.53 Å². The summed E-state index contributed by atoms with van der Waals surface area (Å²) in [6.45, 7) is 5.62. The Balaban J connectivity index is 2.23. The van der Waals surface area contributed by atoms with Crippen LogP contribution in [0.3, 0.4) is 0 Å². The van der Waals surface area contributed by atoms with Crippen molar-refractivity contribution in [2.45, 2.75) is 26.4 Å². The van der Waals surface area contributed by atoms with Crippen LogP contribution in [-0.2, 0) is 4.74 Å². The summed E-state index contributed by atoms with van der Waals surface area (Å²) in [6, 6.07) is 15.8. The van der Waals surface area contributed by atoms with E-state index >= 15 is 0 Å². The Morgan fingerprint density at radius 1 is 1.05 bits per heavy atom. The van der Waals surface area contributed by atoms with Crippen molar-refractivity contribution in [1.29, 1.82) is 0 Å². The minimum absolute atomic E-state index is 0.301. The van der Waals surface area contributed by atoms with E-state index < -0.39 is 5.60 Å². The quantitative estimate of drug-likeness (QED) is 0.623. The molecule has 2 aromatic heterocycles. The van der Waals surface area contributed by atoms with Crippen molar-refractivity contribution in [3.63, 3.8) is 0 Å². The SMILES string of the molecule is CC(C)(C)OC(=O)c1cccc2cc3ccccc3n12. The van der Waals surface area contributed by atoms with E-state index in [-0.39, 0.29) is 5.97 Å². The summed E-state index contributed by atoms with van der Waals surface area (Å²) < 4.78 is 7.44. The predicted octanol–water partition coefficient (Wildman–Crippen LogP) is 4.05. The molecule has 0 amide bonds. The van der Waals surface area contributed by atoms with E-state index in [1.807, 2.05) is 61.6 Å². The second-order valence-electron chi connectivity index (χ2n) is 5.88. The molecule has 0 saturated heterocycles. The van der Waals surface area contributed by atoms with Gasteiger partial charge >= 0.3 is 5.97 Å². The molecule has 0 spiro atoms. The van der Waals surface area contributed by atoms with Gasteiger partial charge in [-0.05, 0) is 45.0 Å². The topological polar surface area (TPSA) is 30.7 Å². The number of ether oxygens (including phenoxy) is 1. The van der Waals surface area contributed by atoms with Gasteiger partial charge in [-0.15, -0.1) is 0 Å². The molecule has 3 rings (SSSR count). The molecule has 0 saturated carbocycles. The van der Waals surface area contributed by atoms with Crippen LogP contribution in [0.4, 0.5) is 0 Å². The van der Waals surface area contributed by atoms with E-state index in [4.69, 9.17) is 4.74 Å². The number of para-hydroxylation sites is 1. The van der Waals surface area contributed by atoms with Crippen molar-refractivity contribution in [3.8, 4) is 0 Å². The minimum Gasteiger partial charge on any atom is -0.455 e. The zero-order valence-electron chi connectivity index (χ0n) is 11.9. The van der Waals surface area contributed by atoms with Gasteiger partial charge in [-0.2, -0.15) is 0 Å². The highest BCUT2D eigenvalue weighted by Gasteiger charge is 2.20. The number of carbonyl (C=O) groups is 1. The summed E-state index contributed by atoms with van der Waals surface area (Å²) in [5.74, 6) is -0.301. The first-order valence-corrected chi connectivity index (χ1v) is 6.68. The molecular formula is C17H17NO2. The molecule has 3 heteroatoms. The van der Waals surface area contributed by atoms with Gasteiger partial charge in [0, 0.05) is 10.9 Å². The Labute approximate surface area is 117 Å². The van der Waals surface area contributed by atoms with Crippen molar-refractivity contribution in [2.24, 2.45) is 0 Å². The fraction of sp³-hybridized carbons (Fsp3) is 0.235. The van der Waals surface area contributed by atoms with E-state index in [1.54, 1.807) is 6.07 Å². The Bertz CT molecular complexity index is 793. The fourth-order valence-electron chi connectivity index (χ4n) is 2.37. The zero-order chi connectivity index (χ0) is 14.3. The average Bonchev–Trinajstić information content (AvgIpc) is 2.74. The highest BCUT2D eigenvalue weighted by atomic mass is 16.6. The molecule has 0 bridgehead atoms. The van der Waals surface area contributed by atoms with E-state index in [9.17, 15) is 4.79 Å². The van der Waals surface area contributed by atoms with Gasteiger partial charge in [-0.25, -0.2) is 4.79 Å². The van der Waals surface area contributed by atoms with Crippen LogP contribution in [0.25, 0.3) is 16.4 Å². The molecule has 0 unspecified atom stereocenters. The lowest BCUT2D eigenvalue weighted by molar-refractivity contribution is 0.00617. The molecule has 2 heterocycles. The van der Waals surface area contributed by atoms with Gasteiger partial charge in [-0.1, -0.05) is 24.3 Å². The van der Waals surface area contributed by atoms with E-state index in [0.717, 1.165) is 16.4 Å². The maximum Gasteiger partial charge on any atom is 0.355 e. The number of pyridine rings is 1. The number of hydrogen-bond donors (Lipinski definition) is 0. The van der Waals surface area contributed by atoms with Gasteiger partial charge in [0.05, 0.1) is 5.52 Å². The number of carbonyl (C=O) groups excluding carboxylic acids is 1. The fourth-order valence-corrected chi connectivity index (χ4v) is 2.37. The number of esters is 1. The summed E-state index contributed by atoms with van der Waals surface area (Å²) >= 11 is 0. The second kappa shape index (κ2) is 4.37. The molecule has 3 nitrogen and oxygen atoms in total. The Morgan fingerprint density at radius 2 is 1.80 bits per heavy atom. The zero-order valence-corrected chi connectivity index (χ0v) is 11.9. The lowest BCUT2D eigenvalue weighted by atomic mass is 10.2. The van der Waals surface area contributed by atoms with E-state index in [0.29, 0.717) is 5.69 Å². The molecule has 0 aliphatic rings. The van der Waals surface area contributed by atoms with Crippen LogP contribution in [0.1, 0.15) is 31.3 Å². The first kappa shape index (κ1) is 12.7. The summed E-state index contributed by atoms with van der Waals surface area (Å²) in [4.78, 5) is 12.4. The van der Waals surface area contributed by atoms with Gasteiger partial charge < -0.3 is 9.14 Å². The van der Waals surface area contributed by atoms with Crippen LogP contribution in [0, 0.1) is 0 Å². The second-order valence-corrected chi connectivity index (χ2v) is 5.88. The normalized spacial score (nSPS) is 11.9. The Morgan fingerprint density at radius 3 is 2.55 bits per heavy atom. The number of fused-ring (bicyclic) bond motifs is 3. The molecule has 0 atom stereocenters. The molecule has 20 heavy (non-hydrogen) atoms. The van der Waals surface area contributed by atoms with Gasteiger partial charge in [-0.3, -0.25) is 0 Å². The molecule has 3 aromatic rings. The maximum atomic E-state index is 12.4. The molecule has 102 valence electrons. The average molecular weight is 267 g/mol. The third-order valence-corrected chi connectivity index (χ3v) is 3.11. The molecule has 0 radical (unpaired) electrons. The molecule has 0 N–H and O–H groups in total. The van der Waals surface area contributed by atoms with Crippen LogP contribution in [0.15, 0.2) is 48.5 Å². The van der Waals surface area contributed by atoms with Gasteiger partial charge in [0.2, 0.25) is 0 Å². The molecule has 0 fully saturated rings. The van der Waals surface area contributed by atoms with Crippen molar-refractivity contribution in [1.82, 2.24) is 4.40 Å². The molecule has 0 aliphatic heterocycles. The third-order valence-electron chi connectivity index (χ3n) is 3.11. The number of aromatic nitrogens is 1. The van der Waals surface area contributed by atoms with Crippen LogP contribution < -0.4 is 0 Å². The monoisotopic (exact) mass is 267 g/mol. The van der Waals surface area contributed by atoms with Gasteiger partial charge in [0.1, 0.15) is 11.3 Å². The molecule has 1 aromatic carbocycles. The lowest BCUT2D eigenvalue weighted by Crippen LogP contribution is -2.25. The molecule has 0 aliphatic carbocycles. The van der Waals surface area contributed by atoms with E-state index in [1.165, 1.54) is 0 Å². The van der Waals surface area contributed by atoms with Gasteiger partial charge in [0.15, 0.2) is 0 Å². The summed E-state index contributed by atoms with van der Waals surface area (Å²) in [6.07, 6.45) is 0. The van der Waals surface area contributed by atoms with Crippen LogP contribution >= 0.6 is 0 Å². The highest BCUT2D eigenvalue weighted by Crippen LogP contribution is 2.23. The number of nitrogens with zero attached hydrogens (tertiary/aromatic N) is 1. The standard InChI is InChI=1S/C17H17NO2/c1-17(2,3)20-16(19)15-10-6-8-13-11-12-7-4-5-9-14(12)18(13)15/h4-11H,1-3H3. The number of benzene rings is 1. The lowest BCUT2D eigenvalue weighted by Gasteiger charge is -2.20. The first-order chi connectivity index (χ1) is 9.46. The first-order valence-electron chi connectivity index (χ1n) is 6.68. The van der Waals surface area contributed by atoms with Crippen molar-refractivity contribution >= 4 is 22.4 Å². The van der Waals surface area contributed by atoms with Crippen LogP contribution in [0.5, 0.6) is 0 Å². The smallest absolute Gasteiger partial charge is 0.355 e. The number of rotatable bonds is 1. The van der Waals surface area contributed by atoms with Crippen molar-refractivity contribution in [2.75, 3.05) is 0 Å². The Kier molecular flexibility index (Phi) is 2.78. The van der Waals surface area contributed by atoms with Crippen LogP contribution in [-0.4, -0.2) is 16.0 Å². The summed E-state index contributed by atoms with van der Waals surface area (Å²) in [7, 11) is 0. The highest BCUT2D eigenvalue weighted by molar-refractivity contribution is 5.94. The summed E-state index contributed by atoms with van der Waals surface area (Å²) in [5.41, 5.74) is 2.07. The van der Waals surface area contributed by atoms with E-state index in [2.05, 4.69) is 6.07 Å². The predicted molar refractivity (Wildman–Crippen MR) is 80.1 cm³/mol. The maximum absolute atomic E-state index is 12.4. The van der Waals surface area contributed by atoms with Crippen molar-refractivity contribution in [3.05, 3.63) is 54.2 Å². The summed E-state index contributed by atoms with van der Waals surface area (Å²) in [5, 5.41) is 1.11. The van der Waals surface area contributed by atoms with Gasteiger partial charge in [0.25, 0.3) is 0 Å². The van der Waals surface area contributed by atoms with Crippen LogP contribution in [0.2, 0.25) is 0 Å². The molecular weight excluding hydrogens is 250 g/mol. The minimum atomic E-state index is -0.498. The number of hydrogen-bond acceptors (Lipinski definition) is 2. The third kappa shape index (κ3) is 2.16. The largest absolute Gasteiger partial charge is 0.455 e. The Hall–Kier alpha value is -2.29.